The third-order valence-corrected chi connectivity index (χ3v) is 6.77. The first-order valence-corrected chi connectivity index (χ1v) is 11.9. The summed E-state index contributed by atoms with van der Waals surface area (Å²) >= 11 is 1.56. The Kier molecular flexibility index (Phi) is 7.18. The van der Waals surface area contributed by atoms with E-state index in [1.165, 1.54) is 19.2 Å². The highest BCUT2D eigenvalue weighted by atomic mass is 32.2. The molecule has 1 atom stereocenters. The fourth-order valence-corrected chi connectivity index (χ4v) is 4.49. The number of benzene rings is 2. The average Bonchev–Trinajstić information content (AvgIpc) is 3.26. The maximum atomic E-state index is 12.6. The van der Waals surface area contributed by atoms with Crippen molar-refractivity contribution in [2.24, 2.45) is 0 Å². The van der Waals surface area contributed by atoms with Crippen molar-refractivity contribution in [3.05, 3.63) is 48.0 Å². The minimum Gasteiger partial charge on any atom is -0.496 e. The largest absolute Gasteiger partial charge is 0.496 e. The summed E-state index contributed by atoms with van der Waals surface area (Å²) in [5.74, 6) is 0.147. The van der Waals surface area contributed by atoms with Crippen LogP contribution >= 0.6 is 11.8 Å². The Hall–Kier alpha value is -2.07. The van der Waals surface area contributed by atoms with E-state index in [0.717, 1.165) is 17.7 Å². The van der Waals surface area contributed by atoms with Gasteiger partial charge in [0.05, 0.1) is 23.7 Å². The smallest absolute Gasteiger partial charge is 0.259 e. The van der Waals surface area contributed by atoms with Gasteiger partial charge in [0.15, 0.2) is 0 Å². The van der Waals surface area contributed by atoms with Gasteiger partial charge in [0, 0.05) is 23.7 Å². The molecule has 7 nitrogen and oxygen atoms in total. The van der Waals surface area contributed by atoms with Crippen LogP contribution in [0, 0.1) is 0 Å². The normalized spacial score (nSPS) is 16.6. The molecule has 1 aliphatic rings. The first kappa shape index (κ1) is 21.6. The van der Waals surface area contributed by atoms with Gasteiger partial charge >= 0.3 is 0 Å². The molecule has 29 heavy (non-hydrogen) atoms. The standard InChI is InChI=1S/C20H24N2O5S2/c1-26-19-12-16(28-2)7-10-18(19)20(23)22-14-5-8-17(9-6-14)29(24,25)21-13-15-4-3-11-27-15/h5-10,12,15,21H,3-4,11,13H2,1-2H3,(H,22,23). The highest BCUT2D eigenvalue weighted by molar-refractivity contribution is 7.98. The van der Waals surface area contributed by atoms with E-state index in [2.05, 4.69) is 10.0 Å². The molecule has 9 heteroatoms. The van der Waals surface area contributed by atoms with Crippen LogP contribution in [-0.2, 0) is 14.8 Å². The minimum atomic E-state index is -3.63. The second-order valence-corrected chi connectivity index (χ2v) is 9.18. The number of rotatable bonds is 8. The Morgan fingerprint density at radius 3 is 2.62 bits per heavy atom. The Morgan fingerprint density at radius 1 is 1.24 bits per heavy atom. The molecule has 2 N–H and O–H groups in total. The highest BCUT2D eigenvalue weighted by Crippen LogP contribution is 2.26. The van der Waals surface area contributed by atoms with Crippen LogP contribution in [0.25, 0.3) is 0 Å². The van der Waals surface area contributed by atoms with Crippen molar-refractivity contribution in [2.45, 2.75) is 28.7 Å². The van der Waals surface area contributed by atoms with E-state index >= 15 is 0 Å². The third kappa shape index (κ3) is 5.51. The van der Waals surface area contributed by atoms with Crippen LogP contribution < -0.4 is 14.8 Å². The highest BCUT2D eigenvalue weighted by Gasteiger charge is 2.20. The van der Waals surface area contributed by atoms with Gasteiger partial charge in [-0.3, -0.25) is 4.79 Å². The van der Waals surface area contributed by atoms with E-state index in [1.807, 2.05) is 12.3 Å². The van der Waals surface area contributed by atoms with E-state index in [9.17, 15) is 13.2 Å². The van der Waals surface area contributed by atoms with Gasteiger partial charge in [0.2, 0.25) is 10.0 Å². The predicted molar refractivity (Wildman–Crippen MR) is 113 cm³/mol. The van der Waals surface area contributed by atoms with Gasteiger partial charge in [-0.05, 0) is 61.6 Å². The lowest BCUT2D eigenvalue weighted by Crippen LogP contribution is -2.31. The van der Waals surface area contributed by atoms with Gasteiger partial charge in [-0.15, -0.1) is 11.8 Å². The molecule has 1 fully saturated rings. The van der Waals surface area contributed by atoms with Crippen LogP contribution in [-0.4, -0.2) is 46.9 Å². The molecule has 2 aromatic carbocycles. The number of carbonyl (C=O) groups is 1. The number of sulfonamides is 1. The molecule has 156 valence electrons. The van der Waals surface area contributed by atoms with Crippen molar-refractivity contribution in [1.82, 2.24) is 4.72 Å². The van der Waals surface area contributed by atoms with Crippen molar-refractivity contribution in [3.8, 4) is 5.75 Å². The second-order valence-electron chi connectivity index (χ2n) is 6.53. The lowest BCUT2D eigenvalue weighted by Gasteiger charge is -2.12. The number of ether oxygens (including phenoxy) is 2. The predicted octanol–water partition coefficient (Wildman–Crippen LogP) is 3.13. The van der Waals surface area contributed by atoms with Gasteiger partial charge in [-0.1, -0.05) is 0 Å². The van der Waals surface area contributed by atoms with Gasteiger partial charge in [0.25, 0.3) is 5.91 Å². The quantitative estimate of drug-likeness (QED) is 0.618. The molecule has 0 aliphatic carbocycles. The van der Waals surface area contributed by atoms with Gasteiger partial charge in [-0.25, -0.2) is 13.1 Å². The molecule has 2 aromatic rings. The first-order chi connectivity index (χ1) is 13.9. The molecule has 3 rings (SSSR count). The van der Waals surface area contributed by atoms with Crippen molar-refractivity contribution in [2.75, 3.05) is 31.8 Å². The summed E-state index contributed by atoms with van der Waals surface area (Å²) in [6, 6.07) is 11.4. The summed E-state index contributed by atoms with van der Waals surface area (Å²) in [6.07, 6.45) is 3.68. The van der Waals surface area contributed by atoms with E-state index in [0.29, 0.717) is 23.6 Å². The second kappa shape index (κ2) is 9.62. The molecular formula is C20H24N2O5S2. The maximum absolute atomic E-state index is 12.6. The summed E-state index contributed by atoms with van der Waals surface area (Å²) in [6.45, 7) is 0.929. The maximum Gasteiger partial charge on any atom is 0.259 e. The summed E-state index contributed by atoms with van der Waals surface area (Å²) < 4.78 is 38.1. The number of hydrogen-bond acceptors (Lipinski definition) is 6. The molecular weight excluding hydrogens is 412 g/mol. The molecule has 0 bridgehead atoms. The summed E-state index contributed by atoms with van der Waals surface area (Å²) in [5.41, 5.74) is 0.893. The molecule has 0 radical (unpaired) electrons. The Balaban J connectivity index is 1.66. The van der Waals surface area contributed by atoms with E-state index in [-0.39, 0.29) is 23.5 Å². The van der Waals surface area contributed by atoms with Crippen LogP contribution in [0.2, 0.25) is 0 Å². The number of thioether (sulfide) groups is 1. The number of hydrogen-bond donors (Lipinski definition) is 2. The molecule has 1 heterocycles. The lowest BCUT2D eigenvalue weighted by molar-refractivity contribution is 0.102. The average molecular weight is 437 g/mol. The Morgan fingerprint density at radius 2 is 2.00 bits per heavy atom. The van der Waals surface area contributed by atoms with Crippen LogP contribution in [0.5, 0.6) is 5.75 Å². The topological polar surface area (TPSA) is 93.7 Å². The monoisotopic (exact) mass is 436 g/mol. The molecule has 1 unspecified atom stereocenters. The molecule has 1 amide bonds. The van der Waals surface area contributed by atoms with Gasteiger partial charge in [0.1, 0.15) is 5.75 Å². The van der Waals surface area contributed by atoms with Crippen LogP contribution in [0.4, 0.5) is 5.69 Å². The summed E-state index contributed by atoms with van der Waals surface area (Å²) in [7, 11) is -2.12. The fourth-order valence-electron chi connectivity index (χ4n) is 2.99. The first-order valence-electron chi connectivity index (χ1n) is 9.17. The van der Waals surface area contributed by atoms with Crippen LogP contribution in [0.15, 0.2) is 52.3 Å². The van der Waals surface area contributed by atoms with Gasteiger partial charge < -0.3 is 14.8 Å². The van der Waals surface area contributed by atoms with Crippen molar-refractivity contribution >= 4 is 33.4 Å². The summed E-state index contributed by atoms with van der Waals surface area (Å²) in [4.78, 5) is 13.7. The van der Waals surface area contributed by atoms with Gasteiger partial charge in [-0.2, -0.15) is 0 Å². The minimum absolute atomic E-state index is 0.0733. The number of anilines is 1. The zero-order valence-electron chi connectivity index (χ0n) is 16.3. The van der Waals surface area contributed by atoms with Crippen LogP contribution in [0.1, 0.15) is 23.2 Å². The zero-order chi connectivity index (χ0) is 20.9. The Labute approximate surface area is 175 Å². The molecule has 0 spiro atoms. The molecule has 1 aliphatic heterocycles. The fraction of sp³-hybridized carbons (Fsp3) is 0.350. The van der Waals surface area contributed by atoms with E-state index in [1.54, 1.807) is 36.0 Å². The van der Waals surface area contributed by atoms with Crippen molar-refractivity contribution in [1.29, 1.82) is 0 Å². The van der Waals surface area contributed by atoms with Crippen molar-refractivity contribution < 1.29 is 22.7 Å². The van der Waals surface area contributed by atoms with Crippen molar-refractivity contribution in [3.63, 3.8) is 0 Å². The molecule has 0 aromatic heterocycles. The number of carbonyl (C=O) groups excluding carboxylic acids is 1. The number of nitrogens with one attached hydrogen (secondary N) is 2. The summed E-state index contributed by atoms with van der Waals surface area (Å²) in [5, 5.41) is 2.76. The zero-order valence-corrected chi connectivity index (χ0v) is 17.9. The molecule has 1 saturated heterocycles. The van der Waals surface area contributed by atoms with E-state index < -0.39 is 10.0 Å². The SMILES string of the molecule is COc1cc(SC)ccc1C(=O)Nc1ccc(S(=O)(=O)NCC2CCCO2)cc1. The third-order valence-electron chi connectivity index (χ3n) is 4.60. The van der Waals surface area contributed by atoms with Crippen LogP contribution in [0.3, 0.4) is 0 Å². The molecule has 0 saturated carbocycles. The lowest BCUT2D eigenvalue weighted by atomic mass is 10.2. The number of methoxy groups -OCH3 is 1. The van der Waals surface area contributed by atoms with E-state index in [4.69, 9.17) is 9.47 Å². The number of amides is 1. The Bertz CT molecular complexity index is 955.